The number of hydrogen-bond acceptors (Lipinski definition) is 16. The van der Waals surface area contributed by atoms with Crippen LogP contribution < -0.4 is 10.6 Å². The molecular weight excluding hydrogens is 1230 g/mol. The van der Waals surface area contributed by atoms with Gasteiger partial charge in [0.25, 0.3) is 5.91 Å². The van der Waals surface area contributed by atoms with Gasteiger partial charge in [0.2, 0.25) is 12.0 Å². The van der Waals surface area contributed by atoms with Gasteiger partial charge in [0.05, 0.1) is 36.0 Å². The second kappa shape index (κ2) is 27.9. The number of rotatable bonds is 21. The van der Waals surface area contributed by atoms with Gasteiger partial charge in [0.15, 0.2) is 5.60 Å². The lowest BCUT2D eigenvalue weighted by atomic mass is 9.43. The molecule has 18 heteroatoms. The van der Waals surface area contributed by atoms with Gasteiger partial charge >= 0.3 is 29.8 Å². The Morgan fingerprint density at radius 1 is 0.773 bits per heavy atom. The summed E-state index contributed by atoms with van der Waals surface area (Å²) in [7, 11) is 0. The maximum Gasteiger partial charge on any atom is 0.350 e. The van der Waals surface area contributed by atoms with Gasteiger partial charge in [-0.3, -0.25) is 28.8 Å². The van der Waals surface area contributed by atoms with Crippen LogP contribution in [0.15, 0.2) is 114 Å². The molecule has 1 saturated heterocycles. The van der Waals surface area contributed by atoms with Crippen LogP contribution in [-0.2, 0) is 57.2 Å². The standard InChI is InChI=1S/C79H102N2O16/c1-45(2)22-21-23-46(3)56-32-33-57-55-31-30-53-40-54(36-38-75(53,9)58(55)37-39-76(56,57)10)93-63(85)35-34-62(84)80-43-64(86)95-67(66(50-24-15-12-16-25-50)81-71(88)51-26-17-13-18-27-51)73(90)94-59-42-79(91)70(96-72(89)52-28-19-14-20-29-52)68-77(11,69(87)48(5)65(47(59)4)74(79,7)8)60(83)41-61-78(68,44-92-61)97-49(6)82/h12-20,24-30,45-46,48,54-61,66-68,70,83,91H,21-23,31-44H2,1-11H3,(H,80,84)(H,81,88)/t46?,48-,54+,55?,56?,57?,58?,59?,60+,61-,66+,67-,68+,70+,75+,76-,77-,78+,79-/m1/s1. The molecule has 97 heavy (non-hydrogen) atoms. The van der Waals surface area contributed by atoms with E-state index in [9.17, 15) is 39.0 Å². The summed E-state index contributed by atoms with van der Waals surface area (Å²) in [6.45, 7) is 20.6. The van der Waals surface area contributed by atoms with Crippen LogP contribution in [0.5, 0.6) is 0 Å². The van der Waals surface area contributed by atoms with Gasteiger partial charge in [0, 0.05) is 49.5 Å². The smallest absolute Gasteiger partial charge is 0.350 e. The van der Waals surface area contributed by atoms with E-state index < -0.39 is 131 Å². The van der Waals surface area contributed by atoms with E-state index in [0.29, 0.717) is 40.4 Å². The Labute approximate surface area is 571 Å². The Kier molecular flexibility index (Phi) is 20.5. The van der Waals surface area contributed by atoms with Crippen molar-refractivity contribution in [3.63, 3.8) is 0 Å². The Morgan fingerprint density at radius 2 is 1.44 bits per heavy atom. The number of allylic oxidation sites excluding steroid dienone is 1. The van der Waals surface area contributed by atoms with Crippen molar-refractivity contribution < 1.29 is 77.0 Å². The molecule has 6 unspecified atom stereocenters. The number of esters is 5. The molecule has 11 rings (SSSR count). The number of aliphatic hydroxyl groups is 2. The van der Waals surface area contributed by atoms with Crippen molar-refractivity contribution in [3.05, 3.63) is 130 Å². The van der Waals surface area contributed by atoms with E-state index >= 15 is 9.59 Å². The summed E-state index contributed by atoms with van der Waals surface area (Å²) in [5, 5.41) is 31.8. The average molecular weight is 1340 g/mol. The third-order valence-corrected chi connectivity index (χ3v) is 25.3. The molecule has 3 aromatic rings. The fourth-order valence-electron chi connectivity index (χ4n) is 20.2. The van der Waals surface area contributed by atoms with E-state index in [1.165, 1.54) is 76.5 Å². The highest BCUT2D eigenvalue weighted by Crippen LogP contribution is 2.69. The Bertz CT molecular complexity index is 3530. The molecule has 0 spiro atoms. The van der Waals surface area contributed by atoms with Gasteiger partial charge in [-0.05, 0) is 146 Å². The van der Waals surface area contributed by atoms with Crippen LogP contribution in [0.1, 0.15) is 205 Å². The topological polar surface area (TPSA) is 256 Å². The lowest BCUT2D eigenvalue weighted by molar-refractivity contribution is -0.345. The van der Waals surface area contributed by atoms with E-state index in [-0.39, 0.29) is 48.5 Å². The number of benzene rings is 3. The Balaban J connectivity index is 0.809. The van der Waals surface area contributed by atoms with Gasteiger partial charge in [0.1, 0.15) is 48.4 Å². The predicted molar refractivity (Wildman–Crippen MR) is 360 cm³/mol. The third-order valence-electron chi connectivity index (χ3n) is 25.3. The highest BCUT2D eigenvalue weighted by Gasteiger charge is 2.78. The van der Waals surface area contributed by atoms with Gasteiger partial charge < -0.3 is 49.3 Å². The number of carbonyl (C=O) groups is 8. The molecule has 19 atom stereocenters. The second-order valence-corrected chi connectivity index (χ2v) is 31.5. The Hall–Kier alpha value is -7.02. The molecule has 4 N–H and O–H groups in total. The molecule has 0 radical (unpaired) electrons. The van der Waals surface area contributed by atoms with Crippen LogP contribution in [0.3, 0.4) is 0 Å². The number of nitrogens with one attached hydrogen (secondary N) is 2. The SMILES string of the molecule is CC(=O)O[C@@]12CO[C@@H]1C[C@H](O)[C@@]1(C)C(=O)[C@H](C)C3=C(C)C(OC(=O)[C@H](OC(=O)CNC(=O)CCC(=O)O[C@H]4CC[C@@]5(C)C(=CCC6C7CCC(C(C)CCCC(C)C)[C@@]7(C)CCC65)C4)[C@@H](NC(=O)c4ccccc4)c4ccccc4)C[C@@](O)([C@@H](OC(=O)c4ccccc4)[C@H]21)C3(C)C. The largest absolute Gasteiger partial charge is 0.462 e. The first-order valence-electron chi connectivity index (χ1n) is 35.7. The first kappa shape index (κ1) is 71.3. The summed E-state index contributed by atoms with van der Waals surface area (Å²) in [5.41, 5.74) is -4.33. The van der Waals surface area contributed by atoms with Gasteiger partial charge in [-0.2, -0.15) is 0 Å². The van der Waals surface area contributed by atoms with E-state index in [0.717, 1.165) is 42.9 Å². The number of ketones is 1. The minimum absolute atomic E-state index is 0.0557. The molecule has 6 fully saturated rings. The number of Topliss-reactive ketones (excluding diaryl/α,β-unsaturated/α-hetero) is 1. The summed E-state index contributed by atoms with van der Waals surface area (Å²) in [6.07, 6.45) is 5.72. The van der Waals surface area contributed by atoms with Crippen LogP contribution in [0.25, 0.3) is 0 Å². The predicted octanol–water partition coefficient (Wildman–Crippen LogP) is 11.8. The molecule has 0 aromatic heterocycles. The molecule has 2 bridgehead atoms. The van der Waals surface area contributed by atoms with Crippen molar-refractivity contribution in [2.75, 3.05) is 13.2 Å². The van der Waals surface area contributed by atoms with Crippen molar-refractivity contribution >= 4 is 47.4 Å². The molecule has 2 amide bonds. The van der Waals surface area contributed by atoms with E-state index in [1.807, 2.05) is 0 Å². The van der Waals surface area contributed by atoms with Crippen molar-refractivity contribution in [2.24, 2.45) is 69.0 Å². The number of fused-ring (bicyclic) bond motifs is 10. The molecule has 18 nitrogen and oxygen atoms in total. The maximum absolute atomic E-state index is 15.7. The van der Waals surface area contributed by atoms with Crippen LogP contribution in [0.2, 0.25) is 0 Å². The summed E-state index contributed by atoms with van der Waals surface area (Å²) in [4.78, 5) is 115. The molecule has 524 valence electrons. The number of ether oxygens (including phenoxy) is 6. The molecule has 5 saturated carbocycles. The normalized spacial score (nSPS) is 34.7. The number of carbonyl (C=O) groups excluding carboxylic acids is 8. The molecule has 1 heterocycles. The molecule has 8 aliphatic rings. The van der Waals surface area contributed by atoms with Gasteiger partial charge in [-0.15, -0.1) is 0 Å². The minimum Gasteiger partial charge on any atom is -0.462 e. The number of hydrogen-bond donors (Lipinski definition) is 4. The maximum atomic E-state index is 15.7. The van der Waals surface area contributed by atoms with Crippen molar-refractivity contribution in [2.45, 2.75) is 226 Å². The number of amides is 2. The fourth-order valence-corrected chi connectivity index (χ4v) is 20.2. The highest BCUT2D eigenvalue weighted by molar-refractivity contribution is 5.95. The monoisotopic (exact) mass is 1330 g/mol. The lowest BCUT2D eigenvalue weighted by Gasteiger charge is -2.67. The summed E-state index contributed by atoms with van der Waals surface area (Å²) >= 11 is 0. The molecule has 7 aliphatic carbocycles. The first-order valence-corrected chi connectivity index (χ1v) is 35.7. The van der Waals surface area contributed by atoms with E-state index in [2.05, 4.69) is 51.3 Å². The first-order chi connectivity index (χ1) is 46.0. The lowest BCUT2D eigenvalue weighted by Crippen LogP contribution is -2.81. The van der Waals surface area contributed by atoms with E-state index in [4.69, 9.17) is 28.4 Å². The van der Waals surface area contributed by atoms with Crippen molar-refractivity contribution in [1.82, 2.24) is 10.6 Å². The van der Waals surface area contributed by atoms with Gasteiger partial charge in [-0.25, -0.2) is 9.59 Å². The number of aliphatic hydroxyl groups excluding tert-OH is 1. The van der Waals surface area contributed by atoms with Crippen LogP contribution in [-0.4, -0.2) is 119 Å². The van der Waals surface area contributed by atoms with Crippen LogP contribution >= 0.6 is 0 Å². The second-order valence-electron chi connectivity index (χ2n) is 31.5. The summed E-state index contributed by atoms with van der Waals surface area (Å²) in [6, 6.07) is 23.0. The summed E-state index contributed by atoms with van der Waals surface area (Å²) in [5.74, 6) is -4.65. The minimum atomic E-state index is -2.33. The van der Waals surface area contributed by atoms with Crippen LogP contribution in [0.4, 0.5) is 0 Å². The van der Waals surface area contributed by atoms with Crippen LogP contribution in [0, 0.1) is 69.0 Å². The Morgan fingerprint density at radius 3 is 2.09 bits per heavy atom. The third kappa shape index (κ3) is 13.2. The molecule has 1 aliphatic heterocycles. The summed E-state index contributed by atoms with van der Waals surface area (Å²) < 4.78 is 37.5. The van der Waals surface area contributed by atoms with Crippen molar-refractivity contribution in [1.29, 1.82) is 0 Å². The van der Waals surface area contributed by atoms with Gasteiger partial charge in [-0.1, -0.05) is 153 Å². The molecule has 3 aromatic carbocycles. The average Bonchev–Trinajstić information content (AvgIpc) is 1.32. The zero-order valence-corrected chi connectivity index (χ0v) is 58.5. The molecular formula is C79H102N2O16. The zero-order chi connectivity index (χ0) is 69.7. The highest BCUT2D eigenvalue weighted by atomic mass is 16.6. The van der Waals surface area contributed by atoms with Crippen molar-refractivity contribution in [3.8, 4) is 0 Å². The fraction of sp³-hybridized carbons (Fsp3) is 0.620. The zero-order valence-electron chi connectivity index (χ0n) is 58.5. The quantitative estimate of drug-likeness (QED) is 0.0439. The van der Waals surface area contributed by atoms with E-state index in [1.54, 1.807) is 107 Å².